The van der Waals surface area contributed by atoms with E-state index in [9.17, 15) is 0 Å². The Hall–Kier alpha value is -1.90. The molecule has 2 aromatic rings. The normalized spacial score (nSPS) is 19.8. The Kier molecular flexibility index (Phi) is 7.67. The first kappa shape index (κ1) is 19.9. The molecule has 3 heteroatoms. The molecule has 3 rings (SSSR count). The summed E-state index contributed by atoms with van der Waals surface area (Å²) in [5.74, 6) is 3.58. The summed E-state index contributed by atoms with van der Waals surface area (Å²) in [5.41, 5.74) is 2.26. The van der Waals surface area contributed by atoms with E-state index in [1.165, 1.54) is 50.5 Å². The van der Waals surface area contributed by atoms with Crippen molar-refractivity contribution in [1.29, 1.82) is 0 Å². The van der Waals surface area contributed by atoms with Gasteiger partial charge in [-0.15, -0.1) is 0 Å². The van der Waals surface area contributed by atoms with Crippen molar-refractivity contribution in [2.24, 2.45) is 11.8 Å². The van der Waals surface area contributed by atoms with Crippen molar-refractivity contribution in [3.8, 4) is 17.1 Å². The van der Waals surface area contributed by atoms with Gasteiger partial charge in [0.05, 0.1) is 6.61 Å². The maximum Gasteiger partial charge on any atom is 0.159 e. The quantitative estimate of drug-likeness (QED) is 0.477. The van der Waals surface area contributed by atoms with Crippen LogP contribution in [0.2, 0.25) is 0 Å². The van der Waals surface area contributed by atoms with Crippen LogP contribution in [-0.4, -0.2) is 16.6 Å². The van der Waals surface area contributed by atoms with Gasteiger partial charge in [0.2, 0.25) is 0 Å². The molecule has 0 radical (unpaired) electrons. The van der Waals surface area contributed by atoms with Crippen LogP contribution in [0.5, 0.6) is 5.75 Å². The standard InChI is InChI=1S/C24H34N2O/c1-3-4-6-21-17-25-24(26-18-21)22-12-14-23(15-13-22)27-16-5-7-20-10-8-19(2)9-11-20/h12-15,17-20H,3-11,16H2,1-2H3/t19-,20-. The Morgan fingerprint density at radius 1 is 0.963 bits per heavy atom. The fourth-order valence-electron chi connectivity index (χ4n) is 3.89. The number of rotatable bonds is 9. The van der Waals surface area contributed by atoms with E-state index in [1.54, 1.807) is 0 Å². The molecule has 27 heavy (non-hydrogen) atoms. The van der Waals surface area contributed by atoms with E-state index < -0.39 is 0 Å². The number of unbranched alkanes of at least 4 members (excludes halogenated alkanes) is 1. The second kappa shape index (κ2) is 10.4. The van der Waals surface area contributed by atoms with Crippen LogP contribution in [0.1, 0.15) is 70.8 Å². The van der Waals surface area contributed by atoms with Gasteiger partial charge in [-0.25, -0.2) is 9.97 Å². The van der Waals surface area contributed by atoms with Gasteiger partial charge in [-0.2, -0.15) is 0 Å². The molecule has 0 atom stereocenters. The molecule has 1 aliphatic rings. The van der Waals surface area contributed by atoms with Crippen molar-refractivity contribution in [2.75, 3.05) is 6.61 Å². The highest BCUT2D eigenvalue weighted by atomic mass is 16.5. The zero-order valence-corrected chi connectivity index (χ0v) is 17.0. The molecule has 1 aromatic carbocycles. The largest absolute Gasteiger partial charge is 0.494 e. The molecule has 1 fully saturated rings. The van der Waals surface area contributed by atoms with Crippen LogP contribution in [0, 0.1) is 11.8 Å². The Balaban J connectivity index is 1.42. The second-order valence-electron chi connectivity index (χ2n) is 8.16. The number of nitrogens with zero attached hydrogens (tertiary/aromatic N) is 2. The van der Waals surface area contributed by atoms with Crippen molar-refractivity contribution in [2.45, 2.75) is 71.6 Å². The number of ether oxygens (including phenoxy) is 1. The highest BCUT2D eigenvalue weighted by Gasteiger charge is 2.17. The van der Waals surface area contributed by atoms with Gasteiger partial charge >= 0.3 is 0 Å². The van der Waals surface area contributed by atoms with Crippen LogP contribution >= 0.6 is 0 Å². The number of aryl methyl sites for hydroxylation is 1. The zero-order valence-electron chi connectivity index (χ0n) is 17.0. The molecule has 0 spiro atoms. The lowest BCUT2D eigenvalue weighted by Gasteiger charge is -2.25. The molecule has 1 aromatic heterocycles. The molecule has 1 aliphatic carbocycles. The van der Waals surface area contributed by atoms with Gasteiger partial charge in [0, 0.05) is 18.0 Å². The van der Waals surface area contributed by atoms with Gasteiger partial charge in [0.25, 0.3) is 0 Å². The van der Waals surface area contributed by atoms with Gasteiger partial charge in [0.15, 0.2) is 5.82 Å². The van der Waals surface area contributed by atoms with Gasteiger partial charge in [-0.05, 0) is 67.3 Å². The van der Waals surface area contributed by atoms with Crippen molar-refractivity contribution in [3.63, 3.8) is 0 Å². The molecule has 0 unspecified atom stereocenters. The van der Waals surface area contributed by atoms with Crippen molar-refractivity contribution in [1.82, 2.24) is 9.97 Å². The molecule has 0 N–H and O–H groups in total. The third-order valence-electron chi connectivity index (χ3n) is 5.80. The number of hydrogen-bond donors (Lipinski definition) is 0. The lowest BCUT2D eigenvalue weighted by atomic mass is 9.81. The third kappa shape index (κ3) is 6.34. The fraction of sp³-hybridized carbons (Fsp3) is 0.583. The minimum absolute atomic E-state index is 0.785. The summed E-state index contributed by atoms with van der Waals surface area (Å²) in [6.45, 7) is 5.40. The Bertz CT molecular complexity index is 658. The van der Waals surface area contributed by atoms with E-state index in [0.29, 0.717) is 0 Å². The fourth-order valence-corrected chi connectivity index (χ4v) is 3.89. The monoisotopic (exact) mass is 366 g/mol. The molecule has 3 nitrogen and oxygen atoms in total. The van der Waals surface area contributed by atoms with E-state index in [0.717, 1.165) is 48.4 Å². The van der Waals surface area contributed by atoms with Crippen molar-refractivity contribution < 1.29 is 4.74 Å². The Labute approximate surface area is 164 Å². The molecule has 0 aliphatic heterocycles. The second-order valence-corrected chi connectivity index (χ2v) is 8.16. The van der Waals surface area contributed by atoms with Crippen LogP contribution in [-0.2, 0) is 6.42 Å². The first-order chi connectivity index (χ1) is 13.2. The lowest BCUT2D eigenvalue weighted by molar-refractivity contribution is 0.245. The number of benzene rings is 1. The summed E-state index contributed by atoms with van der Waals surface area (Å²) in [5, 5.41) is 0. The summed E-state index contributed by atoms with van der Waals surface area (Å²) < 4.78 is 5.93. The summed E-state index contributed by atoms with van der Waals surface area (Å²) in [6.07, 6.45) is 15.5. The SMILES string of the molecule is CCCCc1cnc(-c2ccc(OCCC[C@H]3CC[C@H](C)CC3)cc2)nc1. The average Bonchev–Trinajstić information content (AvgIpc) is 2.72. The van der Waals surface area contributed by atoms with Gasteiger partial charge in [-0.3, -0.25) is 0 Å². The van der Waals surface area contributed by atoms with E-state index in [2.05, 4.69) is 35.9 Å². The molecule has 1 heterocycles. The van der Waals surface area contributed by atoms with Crippen LogP contribution in [0.3, 0.4) is 0 Å². The molecule has 0 bridgehead atoms. The van der Waals surface area contributed by atoms with Crippen molar-refractivity contribution >= 4 is 0 Å². The Morgan fingerprint density at radius 2 is 1.67 bits per heavy atom. The van der Waals surface area contributed by atoms with Crippen LogP contribution in [0.25, 0.3) is 11.4 Å². The molecule has 0 saturated heterocycles. The first-order valence-electron chi connectivity index (χ1n) is 10.8. The minimum atomic E-state index is 0.785. The molecule has 0 amide bonds. The molecule has 146 valence electrons. The van der Waals surface area contributed by atoms with Gasteiger partial charge in [-0.1, -0.05) is 46.0 Å². The summed E-state index contributed by atoms with van der Waals surface area (Å²) in [7, 11) is 0. The molecule has 1 saturated carbocycles. The summed E-state index contributed by atoms with van der Waals surface area (Å²) in [6, 6.07) is 8.18. The van der Waals surface area contributed by atoms with Crippen molar-refractivity contribution in [3.05, 3.63) is 42.2 Å². The predicted octanol–water partition coefficient (Wildman–Crippen LogP) is 6.47. The maximum absolute atomic E-state index is 5.93. The van der Waals surface area contributed by atoms with E-state index in [-0.39, 0.29) is 0 Å². The summed E-state index contributed by atoms with van der Waals surface area (Å²) >= 11 is 0. The van der Waals surface area contributed by atoms with Crippen LogP contribution in [0.15, 0.2) is 36.7 Å². The van der Waals surface area contributed by atoms with Gasteiger partial charge in [0.1, 0.15) is 5.75 Å². The summed E-state index contributed by atoms with van der Waals surface area (Å²) in [4.78, 5) is 9.02. The van der Waals surface area contributed by atoms with E-state index >= 15 is 0 Å². The lowest BCUT2D eigenvalue weighted by Crippen LogP contribution is -2.13. The minimum Gasteiger partial charge on any atom is -0.494 e. The highest BCUT2D eigenvalue weighted by Crippen LogP contribution is 2.31. The highest BCUT2D eigenvalue weighted by molar-refractivity contribution is 5.55. The topological polar surface area (TPSA) is 35.0 Å². The first-order valence-corrected chi connectivity index (χ1v) is 10.8. The Morgan fingerprint density at radius 3 is 2.33 bits per heavy atom. The zero-order chi connectivity index (χ0) is 18.9. The molecular weight excluding hydrogens is 332 g/mol. The van der Waals surface area contributed by atoms with Crippen LogP contribution in [0.4, 0.5) is 0 Å². The third-order valence-corrected chi connectivity index (χ3v) is 5.80. The number of hydrogen-bond acceptors (Lipinski definition) is 3. The van der Waals surface area contributed by atoms with Gasteiger partial charge < -0.3 is 4.74 Å². The molecular formula is C24H34N2O. The average molecular weight is 367 g/mol. The maximum atomic E-state index is 5.93. The predicted molar refractivity (Wildman–Crippen MR) is 112 cm³/mol. The smallest absolute Gasteiger partial charge is 0.159 e. The van der Waals surface area contributed by atoms with E-state index in [4.69, 9.17) is 4.74 Å². The number of aromatic nitrogens is 2. The van der Waals surface area contributed by atoms with Crippen LogP contribution < -0.4 is 4.74 Å². The van der Waals surface area contributed by atoms with E-state index in [1.807, 2.05) is 24.5 Å².